The fourth-order valence-corrected chi connectivity index (χ4v) is 2.87. The van der Waals surface area contributed by atoms with Crippen LogP contribution in [0.25, 0.3) is 0 Å². The summed E-state index contributed by atoms with van der Waals surface area (Å²) in [7, 11) is -3.35. The minimum absolute atomic E-state index is 0. The van der Waals surface area contributed by atoms with Crippen LogP contribution in [0, 0.1) is 0 Å². The molecule has 0 fully saturated rings. The Morgan fingerprint density at radius 2 is 0.879 bits per heavy atom. The van der Waals surface area contributed by atoms with Crippen molar-refractivity contribution in [3.05, 3.63) is 29.3 Å². The Balaban J connectivity index is 0.0000102. The van der Waals surface area contributed by atoms with Gasteiger partial charge in [0.2, 0.25) is 0 Å². The van der Waals surface area contributed by atoms with Crippen LogP contribution in [0.3, 0.4) is 0 Å². The summed E-state index contributed by atoms with van der Waals surface area (Å²) in [6.07, 6.45) is -25.9. The monoisotopic (exact) mass is 522 g/mol. The minimum atomic E-state index is -6.47. The molecule has 0 aliphatic carbocycles. The van der Waals surface area contributed by atoms with Crippen LogP contribution in [0.5, 0.6) is 5.75 Å². The average Bonchev–Trinajstić information content (AvgIpc) is 2.50. The predicted octanol–water partition coefficient (Wildman–Crippen LogP) is 3.32. The van der Waals surface area contributed by atoms with Gasteiger partial charge in [0.25, 0.3) is 11.2 Å². The Labute approximate surface area is 199 Å². The molecule has 0 atom stereocenters. The molecule has 1 aromatic carbocycles. The van der Waals surface area contributed by atoms with E-state index in [-0.39, 0.29) is 55.9 Å². The summed E-state index contributed by atoms with van der Waals surface area (Å²) in [6, 6.07) is -1.37. The van der Waals surface area contributed by atoms with Crippen LogP contribution in [0.2, 0.25) is 0 Å². The maximum atomic E-state index is 13.5. The Hall–Kier alpha value is -0.915. The molecular weight excluding hydrogens is 510 g/mol. The molecule has 0 amide bonds. The topological polar surface area (TPSA) is 68.2 Å². The summed E-state index contributed by atoms with van der Waals surface area (Å²) in [5.74, 6) is -1.64. The number of halogens is 12. The number of benzene rings is 1. The first-order valence-electron chi connectivity index (χ1n) is 7.68. The van der Waals surface area contributed by atoms with Crippen molar-refractivity contribution in [3.63, 3.8) is 0 Å². The quantitative estimate of drug-likeness (QED) is 0.444. The van der Waals surface area contributed by atoms with Gasteiger partial charge in [-0.2, -0.15) is 52.7 Å². The van der Waals surface area contributed by atoms with Crippen molar-refractivity contribution in [1.82, 2.24) is 0 Å². The van der Waals surface area contributed by atoms with E-state index < -0.39 is 66.2 Å². The second-order valence-corrected chi connectivity index (χ2v) is 5.95. The molecular formula is C14H12BF12NaO5. The zero-order valence-corrected chi connectivity index (χ0v) is 15.5. The van der Waals surface area contributed by atoms with Crippen LogP contribution in [-0.2, 0) is 20.7 Å². The zero-order valence-electron chi connectivity index (χ0n) is 15.5. The van der Waals surface area contributed by atoms with Gasteiger partial charge in [0.05, 0.1) is 0 Å². The van der Waals surface area contributed by atoms with E-state index in [4.69, 9.17) is 10.0 Å². The molecule has 0 aliphatic heterocycles. The molecule has 1 rings (SSSR count). The standard InChI is InChI=1S/C14H11BF12O5.Na.H/c1-30-9(11(16,17)18,12(19,20)21)6-3-7(5-8(4-6)32-15(28)29)10(31-2,13(22,23)24)14(25,26)27;;/h3-5,28-29H,1-2H3;;. The molecule has 2 N–H and O–H groups in total. The Morgan fingerprint density at radius 3 is 1.06 bits per heavy atom. The average molecular weight is 522 g/mol. The summed E-state index contributed by atoms with van der Waals surface area (Å²) in [5.41, 5.74) is -15.6. The molecule has 0 unspecified atom stereocenters. The third kappa shape index (κ3) is 5.51. The van der Waals surface area contributed by atoms with Crippen LogP contribution in [0.4, 0.5) is 52.7 Å². The molecule has 0 spiro atoms. The third-order valence-electron chi connectivity index (χ3n) is 4.17. The van der Waals surface area contributed by atoms with Gasteiger partial charge < -0.3 is 24.2 Å². The number of alkyl halides is 12. The van der Waals surface area contributed by atoms with Crippen molar-refractivity contribution in [2.24, 2.45) is 0 Å². The first-order chi connectivity index (χ1) is 14.1. The number of hydrogen-bond donors (Lipinski definition) is 2. The summed E-state index contributed by atoms with van der Waals surface area (Å²) in [6.45, 7) is 0. The molecule has 0 saturated heterocycles. The molecule has 5 nitrogen and oxygen atoms in total. The number of rotatable bonds is 6. The fourth-order valence-electron chi connectivity index (χ4n) is 2.87. The van der Waals surface area contributed by atoms with Crippen molar-refractivity contribution >= 4 is 36.9 Å². The van der Waals surface area contributed by atoms with Gasteiger partial charge in [-0.05, 0) is 18.2 Å². The van der Waals surface area contributed by atoms with Gasteiger partial charge in [0.15, 0.2) is 0 Å². The van der Waals surface area contributed by atoms with Crippen LogP contribution in [0.1, 0.15) is 11.1 Å². The van der Waals surface area contributed by atoms with Crippen LogP contribution in [-0.4, -0.2) is 85.9 Å². The van der Waals surface area contributed by atoms with Crippen molar-refractivity contribution < 1.29 is 76.9 Å². The molecule has 0 saturated carbocycles. The first-order valence-corrected chi connectivity index (χ1v) is 7.68. The van der Waals surface area contributed by atoms with E-state index in [2.05, 4.69) is 14.1 Å². The molecule has 19 heteroatoms. The van der Waals surface area contributed by atoms with Crippen molar-refractivity contribution in [2.75, 3.05) is 14.2 Å². The summed E-state index contributed by atoms with van der Waals surface area (Å²) >= 11 is 0. The molecule has 0 aromatic heterocycles. The van der Waals surface area contributed by atoms with E-state index in [0.29, 0.717) is 0 Å². The normalized spacial score (nSPS) is 14.1. The third-order valence-corrected chi connectivity index (χ3v) is 4.17. The second kappa shape index (κ2) is 9.98. The van der Waals surface area contributed by atoms with Gasteiger partial charge in [-0.15, -0.1) is 0 Å². The Kier molecular flexibility index (Phi) is 9.71. The van der Waals surface area contributed by atoms with Crippen LogP contribution in [0.15, 0.2) is 18.2 Å². The van der Waals surface area contributed by atoms with E-state index in [0.717, 1.165) is 0 Å². The number of ether oxygens (including phenoxy) is 2. The van der Waals surface area contributed by atoms with Gasteiger partial charge in [-0.1, -0.05) is 0 Å². The van der Waals surface area contributed by atoms with Gasteiger partial charge in [0.1, 0.15) is 5.75 Å². The maximum absolute atomic E-state index is 13.5. The van der Waals surface area contributed by atoms with E-state index in [9.17, 15) is 52.7 Å². The predicted molar refractivity (Wildman–Crippen MR) is 86.0 cm³/mol. The molecule has 1 aromatic rings. The van der Waals surface area contributed by atoms with E-state index in [1.54, 1.807) is 0 Å². The molecule has 0 bridgehead atoms. The van der Waals surface area contributed by atoms with Gasteiger partial charge >= 0.3 is 61.6 Å². The second-order valence-electron chi connectivity index (χ2n) is 5.95. The first kappa shape index (κ1) is 32.1. The zero-order chi connectivity index (χ0) is 25.6. The van der Waals surface area contributed by atoms with Crippen molar-refractivity contribution in [1.29, 1.82) is 0 Å². The van der Waals surface area contributed by atoms with Crippen molar-refractivity contribution in [3.8, 4) is 5.75 Å². The summed E-state index contributed by atoms with van der Waals surface area (Å²) in [5, 5.41) is 17.5. The molecule has 0 aliphatic rings. The van der Waals surface area contributed by atoms with Crippen LogP contribution >= 0.6 is 0 Å². The Morgan fingerprint density at radius 1 is 0.606 bits per heavy atom. The van der Waals surface area contributed by atoms with Gasteiger partial charge in [0, 0.05) is 25.3 Å². The van der Waals surface area contributed by atoms with Crippen molar-refractivity contribution in [2.45, 2.75) is 35.9 Å². The number of methoxy groups -OCH3 is 2. The van der Waals surface area contributed by atoms with Gasteiger partial charge in [-0.3, -0.25) is 0 Å². The molecule has 33 heavy (non-hydrogen) atoms. The summed E-state index contributed by atoms with van der Waals surface area (Å²) in [4.78, 5) is 0. The fraction of sp³-hybridized carbons (Fsp3) is 0.571. The SMILES string of the molecule is COC(c1cc(OB(O)O)cc(C(OC)(C(F)(F)F)C(F)(F)F)c1)(C(F)(F)F)C(F)(F)F.[NaH]. The number of hydrogen-bond acceptors (Lipinski definition) is 5. The van der Waals surface area contributed by atoms with E-state index in [1.165, 1.54) is 0 Å². The van der Waals surface area contributed by atoms with E-state index >= 15 is 0 Å². The van der Waals surface area contributed by atoms with Gasteiger partial charge in [-0.25, -0.2) is 0 Å². The molecule has 0 heterocycles. The Bertz CT molecular complexity index is 719. The van der Waals surface area contributed by atoms with E-state index in [1.807, 2.05) is 0 Å². The van der Waals surface area contributed by atoms with Crippen LogP contribution < -0.4 is 4.65 Å². The molecule has 186 valence electrons. The summed E-state index contributed by atoms with van der Waals surface area (Å²) < 4.78 is 173. The molecule has 0 radical (unpaired) electrons.